The van der Waals surface area contributed by atoms with Crippen LogP contribution >= 0.6 is 0 Å². The number of hydrogen-bond acceptors (Lipinski definition) is 3. The summed E-state index contributed by atoms with van der Waals surface area (Å²) in [6, 6.07) is 5.63. The Kier molecular flexibility index (Phi) is 12.3. The number of methoxy groups -OCH3 is 1. The summed E-state index contributed by atoms with van der Waals surface area (Å²) in [6.07, 6.45) is 2.12. The van der Waals surface area contributed by atoms with Gasteiger partial charge in [-0.15, -0.1) is 0 Å². The minimum absolute atomic E-state index is 0.0278. The molecule has 0 heterocycles. The Labute approximate surface area is 207 Å². The average molecular weight is 505 g/mol. The zero-order valence-corrected chi connectivity index (χ0v) is 22.9. The van der Waals surface area contributed by atoms with Crippen LogP contribution in [0.4, 0.5) is 13.2 Å². The van der Waals surface area contributed by atoms with Crippen LogP contribution in [0, 0.1) is 12.8 Å². The molecule has 1 aliphatic carbocycles. The molecule has 1 unspecified atom stereocenters. The Hall–Kier alpha value is -1.34. The smallest absolute Gasteiger partial charge is 0.392 e. The third-order valence-corrected chi connectivity index (χ3v) is 8.15. The lowest BCUT2D eigenvalue weighted by Crippen LogP contribution is -2.22. The first-order chi connectivity index (χ1) is 15.7. The molecule has 1 fully saturated rings. The van der Waals surface area contributed by atoms with Crippen molar-refractivity contribution in [3.05, 3.63) is 34.9 Å². The van der Waals surface area contributed by atoms with Crippen LogP contribution in [0.2, 0.25) is 0 Å². The zero-order valence-electron chi connectivity index (χ0n) is 22.1. The van der Waals surface area contributed by atoms with Crippen molar-refractivity contribution in [2.24, 2.45) is 5.92 Å². The van der Waals surface area contributed by atoms with E-state index in [1.165, 1.54) is 11.1 Å². The van der Waals surface area contributed by atoms with Crippen LogP contribution in [0.3, 0.4) is 0 Å². The molecule has 1 saturated carbocycles. The van der Waals surface area contributed by atoms with Crippen LogP contribution in [0.5, 0.6) is 5.75 Å². The van der Waals surface area contributed by atoms with E-state index in [-0.39, 0.29) is 11.4 Å². The quantitative estimate of drug-likeness (QED) is 0.379. The van der Waals surface area contributed by atoms with Gasteiger partial charge in [0.1, 0.15) is 5.75 Å². The number of rotatable bonds is 7. The topological polar surface area (TPSA) is 35.5 Å². The van der Waals surface area contributed by atoms with E-state index in [0.717, 1.165) is 43.2 Å². The summed E-state index contributed by atoms with van der Waals surface area (Å²) in [4.78, 5) is 0. The Morgan fingerprint density at radius 2 is 1.68 bits per heavy atom. The maximum Gasteiger partial charge on any atom is 0.392 e. The van der Waals surface area contributed by atoms with Crippen molar-refractivity contribution in [1.29, 1.82) is 0 Å². The maximum atomic E-state index is 12.4. The summed E-state index contributed by atoms with van der Waals surface area (Å²) < 4.78 is 58.6. The Morgan fingerprint density at radius 1 is 1.12 bits per heavy atom. The Morgan fingerprint density at radius 3 is 2.12 bits per heavy atom. The molecule has 1 atom stereocenters. The predicted molar refractivity (Wildman–Crippen MR) is 137 cm³/mol. The van der Waals surface area contributed by atoms with Crippen molar-refractivity contribution in [2.45, 2.75) is 97.1 Å². The fourth-order valence-electron chi connectivity index (χ4n) is 3.84. The Bertz CT molecular complexity index is 817. The van der Waals surface area contributed by atoms with E-state index in [4.69, 9.17) is 9.47 Å². The van der Waals surface area contributed by atoms with E-state index in [2.05, 4.69) is 20.8 Å². The van der Waals surface area contributed by atoms with Crippen molar-refractivity contribution >= 4 is 16.4 Å². The summed E-state index contributed by atoms with van der Waals surface area (Å²) in [7, 11) is 1.09. The van der Waals surface area contributed by atoms with E-state index < -0.39 is 23.4 Å². The second-order valence-electron chi connectivity index (χ2n) is 10.0. The van der Waals surface area contributed by atoms with Gasteiger partial charge in [-0.25, -0.2) is 0 Å². The minimum Gasteiger partial charge on any atom is -0.493 e. The van der Waals surface area contributed by atoms with E-state index in [9.17, 15) is 17.4 Å². The molecule has 34 heavy (non-hydrogen) atoms. The lowest BCUT2D eigenvalue weighted by molar-refractivity contribution is -0.139. The van der Waals surface area contributed by atoms with Gasteiger partial charge in [-0.2, -0.15) is 13.2 Å². The molecule has 7 heteroatoms. The van der Waals surface area contributed by atoms with Crippen molar-refractivity contribution < 1.29 is 26.9 Å². The van der Waals surface area contributed by atoms with Crippen LogP contribution in [-0.4, -0.2) is 41.2 Å². The number of alkyl halides is 3. The lowest BCUT2D eigenvalue weighted by Gasteiger charge is -2.31. The molecule has 1 aliphatic rings. The van der Waals surface area contributed by atoms with Gasteiger partial charge in [-0.1, -0.05) is 18.6 Å². The van der Waals surface area contributed by atoms with Gasteiger partial charge < -0.3 is 9.47 Å². The van der Waals surface area contributed by atoms with Crippen LogP contribution in [0.25, 0.3) is 5.57 Å². The fraction of sp³-hybridized carbons (Fsp3) is 0.704. The molecule has 1 aromatic rings. The summed E-state index contributed by atoms with van der Waals surface area (Å²) in [5, 5.41) is 0. The lowest BCUT2D eigenvalue weighted by atomic mass is 9.77. The molecular formula is C27H43F3O3S. The summed E-state index contributed by atoms with van der Waals surface area (Å²) in [6.45, 7) is 11.9. The monoisotopic (exact) mass is 504 g/mol. The first-order valence-electron chi connectivity index (χ1n) is 12.1. The van der Waals surface area contributed by atoms with Crippen LogP contribution < -0.4 is 4.74 Å². The second-order valence-corrected chi connectivity index (χ2v) is 12.1. The van der Waals surface area contributed by atoms with Crippen LogP contribution in [0.1, 0.15) is 84.3 Å². The molecule has 1 aromatic carbocycles. The number of hydrogen-bond donors (Lipinski definition) is 0. The highest BCUT2D eigenvalue weighted by atomic mass is 32.2. The van der Waals surface area contributed by atoms with E-state index in [1.807, 2.05) is 32.9 Å². The standard InChI is InChI=1S/C22H31F3O2.C5H12OS/c1-5-15(2)21(17-7-10-18(26-4)11-8-17)20-14-19(9-6-16(20)3)27-13-12-22(23,24)25;1-5(2,3)7(4)6/h6,9,14,17-18H,5,7-8,10-13H2,1-4H3;1-4H3. The fourth-order valence-corrected chi connectivity index (χ4v) is 3.84. The molecular weight excluding hydrogens is 461 g/mol. The summed E-state index contributed by atoms with van der Waals surface area (Å²) in [5.41, 5.74) is 4.92. The number of halogens is 3. The summed E-state index contributed by atoms with van der Waals surface area (Å²) >= 11 is 0. The van der Waals surface area contributed by atoms with Crippen molar-refractivity contribution in [1.82, 2.24) is 0 Å². The van der Waals surface area contributed by atoms with Gasteiger partial charge >= 0.3 is 6.18 Å². The minimum atomic E-state index is -4.20. The highest BCUT2D eigenvalue weighted by molar-refractivity contribution is 7.85. The van der Waals surface area contributed by atoms with Gasteiger partial charge in [-0.3, -0.25) is 4.21 Å². The number of aryl methyl sites for hydroxylation is 1. The highest BCUT2D eigenvalue weighted by Crippen LogP contribution is 2.40. The highest BCUT2D eigenvalue weighted by Gasteiger charge is 2.28. The summed E-state index contributed by atoms with van der Waals surface area (Å²) in [5.74, 6) is 0.965. The van der Waals surface area contributed by atoms with Gasteiger partial charge in [0.15, 0.2) is 0 Å². The van der Waals surface area contributed by atoms with E-state index in [0.29, 0.717) is 17.8 Å². The molecule has 0 radical (unpaired) electrons. The van der Waals surface area contributed by atoms with Gasteiger partial charge in [0.2, 0.25) is 0 Å². The number of ether oxygens (including phenoxy) is 2. The van der Waals surface area contributed by atoms with Crippen molar-refractivity contribution in [3.63, 3.8) is 0 Å². The van der Waals surface area contributed by atoms with E-state index >= 15 is 0 Å². The number of allylic oxidation sites excluding steroid dienone is 2. The molecule has 3 nitrogen and oxygen atoms in total. The van der Waals surface area contributed by atoms with E-state index in [1.54, 1.807) is 19.4 Å². The van der Waals surface area contributed by atoms with Crippen LogP contribution in [-0.2, 0) is 15.5 Å². The molecule has 0 saturated heterocycles. The predicted octanol–water partition coefficient (Wildman–Crippen LogP) is 7.88. The van der Waals surface area contributed by atoms with Crippen LogP contribution in [0.15, 0.2) is 23.8 Å². The van der Waals surface area contributed by atoms with Gasteiger partial charge in [0, 0.05) is 28.9 Å². The number of benzene rings is 1. The molecule has 0 aromatic heterocycles. The molecule has 2 rings (SSSR count). The molecule has 0 N–H and O–H groups in total. The molecule has 0 amide bonds. The van der Waals surface area contributed by atoms with Gasteiger partial charge in [0.05, 0.1) is 19.1 Å². The van der Waals surface area contributed by atoms with Crippen molar-refractivity contribution in [2.75, 3.05) is 20.0 Å². The van der Waals surface area contributed by atoms with Gasteiger partial charge in [-0.05, 0) is 101 Å². The third-order valence-electron chi connectivity index (χ3n) is 6.42. The molecule has 0 spiro atoms. The first kappa shape index (κ1) is 30.7. The SMILES string of the molecule is CCC(C)=C(c1cc(OCCC(F)(F)F)ccc1C)C1CCC(OC)CC1.CS(=O)C(C)(C)C. The third kappa shape index (κ3) is 10.5. The molecule has 0 aliphatic heterocycles. The Balaban J connectivity index is 0.000000718. The van der Waals surface area contributed by atoms with Gasteiger partial charge in [0.25, 0.3) is 0 Å². The molecule has 0 bridgehead atoms. The largest absolute Gasteiger partial charge is 0.493 e. The first-order valence-corrected chi connectivity index (χ1v) is 13.6. The molecule has 196 valence electrons. The average Bonchev–Trinajstić information content (AvgIpc) is 2.75. The normalized spacial score (nSPS) is 20.7. The zero-order chi connectivity index (χ0) is 26.1. The maximum absolute atomic E-state index is 12.4. The van der Waals surface area contributed by atoms with Crippen molar-refractivity contribution in [3.8, 4) is 5.75 Å². The second kappa shape index (κ2) is 13.7.